The molecule has 6 heteroatoms. The van der Waals surface area contributed by atoms with Crippen molar-refractivity contribution in [2.45, 2.75) is 19.4 Å². The second kappa shape index (κ2) is 4.14. The summed E-state index contributed by atoms with van der Waals surface area (Å²) in [5.41, 5.74) is 7.11. The van der Waals surface area contributed by atoms with E-state index in [9.17, 15) is 4.79 Å². The molecule has 1 amide bonds. The summed E-state index contributed by atoms with van der Waals surface area (Å²) >= 11 is 5.36. The lowest BCUT2D eigenvalue weighted by Gasteiger charge is -2.23. The second-order valence-electron chi connectivity index (χ2n) is 5.23. The first-order valence-corrected chi connectivity index (χ1v) is 6.62. The van der Waals surface area contributed by atoms with Crippen molar-refractivity contribution in [3.05, 3.63) is 35.2 Å². The zero-order valence-corrected chi connectivity index (χ0v) is 12.0. The summed E-state index contributed by atoms with van der Waals surface area (Å²) in [5, 5.41) is 0.937. The molecule has 0 aliphatic heterocycles. The molecule has 0 saturated heterocycles. The molecule has 0 atom stereocenters. The largest absolute Gasteiger partial charge is 0.368 e. The predicted molar refractivity (Wildman–Crippen MR) is 80.9 cm³/mol. The Balaban J connectivity index is 2.55. The van der Waals surface area contributed by atoms with Gasteiger partial charge in [-0.05, 0) is 32.1 Å². The summed E-state index contributed by atoms with van der Waals surface area (Å²) < 4.78 is 2.23. The Morgan fingerprint density at radius 3 is 2.80 bits per heavy atom. The predicted octanol–water partition coefficient (Wildman–Crippen LogP) is 2.47. The highest BCUT2D eigenvalue weighted by atomic mass is 32.1. The van der Waals surface area contributed by atoms with E-state index in [0.717, 1.165) is 21.9 Å². The first-order chi connectivity index (χ1) is 9.43. The first kappa shape index (κ1) is 12.8. The number of imidazole rings is 1. The SMILES string of the molecule is CC(C)(C(N)=O)n1c(=S)[nH]c2cnc3ccccc3c21. The van der Waals surface area contributed by atoms with Crippen LogP contribution in [0.4, 0.5) is 0 Å². The number of pyridine rings is 1. The molecule has 3 N–H and O–H groups in total. The highest BCUT2D eigenvalue weighted by molar-refractivity contribution is 7.71. The highest BCUT2D eigenvalue weighted by Crippen LogP contribution is 2.28. The third kappa shape index (κ3) is 1.65. The van der Waals surface area contributed by atoms with Crippen molar-refractivity contribution in [2.75, 3.05) is 0 Å². The number of aromatic nitrogens is 3. The number of hydrogen-bond acceptors (Lipinski definition) is 3. The number of nitrogens with one attached hydrogen (secondary N) is 1. The van der Waals surface area contributed by atoms with E-state index in [4.69, 9.17) is 18.0 Å². The molecule has 2 heterocycles. The van der Waals surface area contributed by atoms with Crippen LogP contribution in [0, 0.1) is 4.77 Å². The third-order valence-electron chi connectivity index (χ3n) is 3.58. The molecule has 3 rings (SSSR count). The molecule has 0 fully saturated rings. The van der Waals surface area contributed by atoms with Gasteiger partial charge >= 0.3 is 0 Å². The standard InChI is InChI=1S/C14H14N4OS/c1-14(2,12(15)19)18-11-8-5-3-4-6-9(8)16-7-10(11)17-13(18)20/h3-7H,1-2H3,(H2,15,19)(H,17,20). The van der Waals surface area contributed by atoms with Gasteiger partial charge in [-0.1, -0.05) is 18.2 Å². The number of fused-ring (bicyclic) bond motifs is 3. The topological polar surface area (TPSA) is 76.7 Å². The third-order valence-corrected chi connectivity index (χ3v) is 3.86. The Labute approximate surface area is 120 Å². The van der Waals surface area contributed by atoms with Gasteiger partial charge in [0.1, 0.15) is 5.54 Å². The van der Waals surface area contributed by atoms with Gasteiger partial charge in [0.25, 0.3) is 0 Å². The van der Waals surface area contributed by atoms with Crippen molar-refractivity contribution < 1.29 is 4.79 Å². The zero-order chi connectivity index (χ0) is 14.5. The Morgan fingerprint density at radius 2 is 2.10 bits per heavy atom. The van der Waals surface area contributed by atoms with Gasteiger partial charge in [-0.25, -0.2) is 0 Å². The van der Waals surface area contributed by atoms with E-state index < -0.39 is 11.4 Å². The number of H-pyrrole nitrogens is 1. The number of rotatable bonds is 2. The van der Waals surface area contributed by atoms with Gasteiger partial charge in [0.15, 0.2) is 4.77 Å². The molecule has 0 saturated carbocycles. The number of hydrogen-bond donors (Lipinski definition) is 2. The summed E-state index contributed by atoms with van der Waals surface area (Å²) in [7, 11) is 0. The van der Waals surface area contributed by atoms with Crippen LogP contribution in [0.1, 0.15) is 13.8 Å². The van der Waals surface area contributed by atoms with Crippen LogP contribution in [0.2, 0.25) is 0 Å². The molecule has 5 nitrogen and oxygen atoms in total. The molecule has 0 radical (unpaired) electrons. The molecular formula is C14H14N4OS. The number of primary amides is 1. The number of nitrogens with zero attached hydrogens (tertiary/aromatic N) is 2. The van der Waals surface area contributed by atoms with E-state index in [1.165, 1.54) is 0 Å². The van der Waals surface area contributed by atoms with E-state index in [1.54, 1.807) is 24.6 Å². The fourth-order valence-corrected chi connectivity index (χ4v) is 2.80. The fourth-order valence-electron chi connectivity index (χ4n) is 2.38. The number of carbonyl (C=O) groups excluding carboxylic acids is 1. The van der Waals surface area contributed by atoms with E-state index in [2.05, 4.69) is 9.97 Å². The molecule has 0 aliphatic rings. The molecule has 1 aromatic carbocycles. The van der Waals surface area contributed by atoms with Gasteiger partial charge in [0, 0.05) is 5.39 Å². The lowest BCUT2D eigenvalue weighted by molar-refractivity contribution is -0.124. The minimum absolute atomic E-state index is 0.435. The smallest absolute Gasteiger partial charge is 0.243 e. The number of para-hydroxylation sites is 1. The number of carbonyl (C=O) groups is 1. The minimum atomic E-state index is -0.917. The van der Waals surface area contributed by atoms with Gasteiger partial charge in [-0.3, -0.25) is 9.78 Å². The Morgan fingerprint density at radius 1 is 1.40 bits per heavy atom. The van der Waals surface area contributed by atoms with Crippen LogP contribution in [-0.4, -0.2) is 20.4 Å². The second-order valence-corrected chi connectivity index (χ2v) is 5.61. The molecule has 20 heavy (non-hydrogen) atoms. The van der Waals surface area contributed by atoms with Gasteiger partial charge < -0.3 is 15.3 Å². The quantitative estimate of drug-likeness (QED) is 0.710. The molecule has 2 aromatic heterocycles. The van der Waals surface area contributed by atoms with Gasteiger partial charge in [-0.15, -0.1) is 0 Å². The Bertz CT molecular complexity index is 891. The first-order valence-electron chi connectivity index (χ1n) is 6.22. The van der Waals surface area contributed by atoms with Crippen LogP contribution in [-0.2, 0) is 10.3 Å². The summed E-state index contributed by atoms with van der Waals surface area (Å²) in [5.74, 6) is -0.435. The number of amides is 1. The van der Waals surface area contributed by atoms with E-state index >= 15 is 0 Å². The highest BCUT2D eigenvalue weighted by Gasteiger charge is 2.30. The van der Waals surface area contributed by atoms with E-state index in [-0.39, 0.29) is 0 Å². The average Bonchev–Trinajstić information content (AvgIpc) is 2.75. The number of benzene rings is 1. The maximum Gasteiger partial charge on any atom is 0.243 e. The average molecular weight is 286 g/mol. The lowest BCUT2D eigenvalue weighted by Crippen LogP contribution is -2.41. The molecule has 102 valence electrons. The van der Waals surface area contributed by atoms with Crippen LogP contribution in [0.5, 0.6) is 0 Å². The van der Waals surface area contributed by atoms with Crippen LogP contribution in [0.3, 0.4) is 0 Å². The maximum atomic E-state index is 11.8. The lowest BCUT2D eigenvalue weighted by atomic mass is 10.0. The zero-order valence-electron chi connectivity index (χ0n) is 11.2. The summed E-state index contributed by atoms with van der Waals surface area (Å²) in [4.78, 5) is 19.2. The summed E-state index contributed by atoms with van der Waals surface area (Å²) in [6, 6.07) is 7.74. The van der Waals surface area contributed by atoms with Crippen LogP contribution in [0.15, 0.2) is 30.5 Å². The molecule has 0 aliphatic carbocycles. The summed E-state index contributed by atoms with van der Waals surface area (Å²) in [6.07, 6.45) is 1.72. The maximum absolute atomic E-state index is 11.8. The molecule has 0 spiro atoms. The monoisotopic (exact) mass is 286 g/mol. The number of nitrogens with two attached hydrogens (primary N) is 1. The van der Waals surface area contributed by atoms with Crippen LogP contribution >= 0.6 is 12.2 Å². The Kier molecular flexibility index (Phi) is 2.65. The van der Waals surface area contributed by atoms with Gasteiger partial charge in [0.2, 0.25) is 5.91 Å². The van der Waals surface area contributed by atoms with Crippen molar-refractivity contribution >= 4 is 40.1 Å². The Hall–Kier alpha value is -2.21. The van der Waals surface area contributed by atoms with Crippen LogP contribution < -0.4 is 5.73 Å². The molecular weight excluding hydrogens is 272 g/mol. The van der Waals surface area contributed by atoms with Crippen molar-refractivity contribution in [1.82, 2.24) is 14.5 Å². The van der Waals surface area contributed by atoms with E-state index in [0.29, 0.717) is 4.77 Å². The van der Waals surface area contributed by atoms with Crippen molar-refractivity contribution in [2.24, 2.45) is 5.73 Å². The molecule has 0 unspecified atom stereocenters. The number of aromatic amines is 1. The van der Waals surface area contributed by atoms with Gasteiger partial charge in [-0.2, -0.15) is 0 Å². The van der Waals surface area contributed by atoms with Crippen molar-refractivity contribution in [1.29, 1.82) is 0 Å². The van der Waals surface area contributed by atoms with Crippen molar-refractivity contribution in [3.63, 3.8) is 0 Å². The molecule has 3 aromatic rings. The molecule has 0 bridgehead atoms. The normalized spacial score (nSPS) is 12.1. The van der Waals surface area contributed by atoms with Gasteiger partial charge in [0.05, 0.1) is 22.7 Å². The van der Waals surface area contributed by atoms with E-state index in [1.807, 2.05) is 24.3 Å². The fraction of sp³-hybridized carbons (Fsp3) is 0.214. The minimum Gasteiger partial charge on any atom is -0.368 e. The summed E-state index contributed by atoms with van der Waals surface area (Å²) in [6.45, 7) is 3.52. The van der Waals surface area contributed by atoms with Crippen LogP contribution in [0.25, 0.3) is 21.9 Å². The van der Waals surface area contributed by atoms with Crippen molar-refractivity contribution in [3.8, 4) is 0 Å².